The lowest BCUT2D eigenvalue weighted by Crippen LogP contribution is -2.40. The summed E-state index contributed by atoms with van der Waals surface area (Å²) in [5.41, 5.74) is 0.874. The second kappa shape index (κ2) is 10.1. The van der Waals surface area contributed by atoms with E-state index in [9.17, 15) is 9.59 Å². The lowest BCUT2D eigenvalue weighted by molar-refractivity contribution is -0.157. The highest BCUT2D eigenvalue weighted by Gasteiger charge is 2.18. The van der Waals surface area contributed by atoms with E-state index in [4.69, 9.17) is 14.2 Å². The van der Waals surface area contributed by atoms with Crippen molar-refractivity contribution in [2.45, 2.75) is 45.3 Å². The fourth-order valence-corrected chi connectivity index (χ4v) is 2.42. The molecule has 1 aromatic carbocycles. The van der Waals surface area contributed by atoms with E-state index in [-0.39, 0.29) is 13.4 Å². The molecular weight excluding hydrogens is 326 g/mol. The van der Waals surface area contributed by atoms with Crippen LogP contribution >= 0.6 is 0 Å². The molecule has 0 fully saturated rings. The molecule has 1 N–H and O–H groups in total. The molecule has 1 aromatic rings. The summed E-state index contributed by atoms with van der Waals surface area (Å²) in [6.07, 6.45) is -0.664. The Kier molecular flexibility index (Phi) is 8.49. The Hall–Kier alpha value is -1.86. The monoisotopic (exact) mass is 353 g/mol. The van der Waals surface area contributed by atoms with Gasteiger partial charge in [0.05, 0.1) is 0 Å². The number of rotatable bonds is 9. The lowest BCUT2D eigenvalue weighted by atomic mass is 10.2. The van der Waals surface area contributed by atoms with Crippen molar-refractivity contribution in [3.8, 4) is 0 Å². The highest BCUT2D eigenvalue weighted by atomic mass is 28.3. The van der Waals surface area contributed by atoms with Crippen LogP contribution in [0, 0.1) is 0 Å². The molecule has 1 atom stereocenters. The van der Waals surface area contributed by atoms with Gasteiger partial charge in [-0.2, -0.15) is 0 Å². The van der Waals surface area contributed by atoms with Gasteiger partial charge in [0, 0.05) is 14.7 Å². The zero-order valence-electron chi connectivity index (χ0n) is 14.8. The van der Waals surface area contributed by atoms with E-state index in [1.54, 1.807) is 0 Å². The molecule has 0 aliphatic carbocycles. The summed E-state index contributed by atoms with van der Waals surface area (Å²) in [5.74, 6) is -0.556. The fraction of sp³-hybridized carbons (Fsp3) is 0.529. The second-order valence-corrected chi connectivity index (χ2v) is 12.3. The van der Waals surface area contributed by atoms with Gasteiger partial charge in [-0.15, -0.1) is 0 Å². The van der Waals surface area contributed by atoms with Crippen LogP contribution in [0.15, 0.2) is 30.3 Å². The van der Waals surface area contributed by atoms with Crippen molar-refractivity contribution < 1.29 is 23.8 Å². The Balaban J connectivity index is 2.17. The van der Waals surface area contributed by atoms with Crippen molar-refractivity contribution in [1.29, 1.82) is 0 Å². The molecule has 1 amide bonds. The van der Waals surface area contributed by atoms with Crippen LogP contribution < -0.4 is 5.32 Å². The van der Waals surface area contributed by atoms with Gasteiger partial charge < -0.3 is 19.5 Å². The molecular formula is C17H27NO5Si. The van der Waals surface area contributed by atoms with E-state index in [0.29, 0.717) is 6.61 Å². The third-order valence-corrected chi connectivity index (χ3v) is 4.89. The van der Waals surface area contributed by atoms with Crippen LogP contribution in [0.1, 0.15) is 12.5 Å². The Morgan fingerprint density at radius 2 is 1.79 bits per heavy atom. The average molecular weight is 353 g/mol. The van der Waals surface area contributed by atoms with Crippen LogP contribution in [-0.4, -0.2) is 39.6 Å². The highest BCUT2D eigenvalue weighted by Crippen LogP contribution is 2.07. The molecule has 6 nitrogen and oxygen atoms in total. The minimum Gasteiger partial charge on any atom is -0.445 e. The second-order valence-electron chi connectivity index (χ2n) is 6.73. The van der Waals surface area contributed by atoms with Crippen molar-refractivity contribution >= 4 is 20.1 Å². The van der Waals surface area contributed by atoms with Gasteiger partial charge in [0.1, 0.15) is 12.6 Å². The zero-order chi connectivity index (χ0) is 18.0. The first-order chi connectivity index (χ1) is 11.3. The van der Waals surface area contributed by atoms with Crippen LogP contribution in [0.4, 0.5) is 4.79 Å². The van der Waals surface area contributed by atoms with Gasteiger partial charge in [-0.25, -0.2) is 9.59 Å². The number of nitrogens with one attached hydrogen (secondary N) is 1. The van der Waals surface area contributed by atoms with E-state index in [2.05, 4.69) is 25.0 Å². The maximum absolute atomic E-state index is 11.7. The van der Waals surface area contributed by atoms with Crippen LogP contribution in [0.2, 0.25) is 25.7 Å². The number of carbonyl (C=O) groups excluding carboxylic acids is 2. The topological polar surface area (TPSA) is 73.9 Å². The quantitative estimate of drug-likeness (QED) is 0.319. The van der Waals surface area contributed by atoms with Gasteiger partial charge in [-0.1, -0.05) is 50.0 Å². The fourth-order valence-electron chi connectivity index (χ4n) is 1.66. The molecule has 0 bridgehead atoms. The zero-order valence-corrected chi connectivity index (χ0v) is 15.8. The molecule has 0 saturated heterocycles. The van der Waals surface area contributed by atoms with Gasteiger partial charge in [0.2, 0.25) is 0 Å². The largest absolute Gasteiger partial charge is 0.445 e. The predicted octanol–water partition coefficient (Wildman–Crippen LogP) is 3.16. The van der Waals surface area contributed by atoms with Crippen molar-refractivity contribution in [2.24, 2.45) is 0 Å². The van der Waals surface area contributed by atoms with Gasteiger partial charge >= 0.3 is 12.1 Å². The van der Waals surface area contributed by atoms with Gasteiger partial charge in [0.15, 0.2) is 6.79 Å². The Labute approximate surface area is 144 Å². The van der Waals surface area contributed by atoms with E-state index in [1.165, 1.54) is 6.92 Å². The third kappa shape index (κ3) is 9.31. The van der Waals surface area contributed by atoms with Crippen LogP contribution in [0.5, 0.6) is 0 Å². The van der Waals surface area contributed by atoms with Crippen molar-refractivity contribution in [3.63, 3.8) is 0 Å². The normalized spacial score (nSPS) is 12.3. The highest BCUT2D eigenvalue weighted by molar-refractivity contribution is 6.76. The number of ether oxygens (including phenoxy) is 3. The lowest BCUT2D eigenvalue weighted by Gasteiger charge is -2.16. The first-order valence-electron chi connectivity index (χ1n) is 7.99. The van der Waals surface area contributed by atoms with Crippen LogP contribution in [0.3, 0.4) is 0 Å². The van der Waals surface area contributed by atoms with Crippen LogP contribution in [0.25, 0.3) is 0 Å². The maximum Gasteiger partial charge on any atom is 0.408 e. The predicted molar refractivity (Wildman–Crippen MR) is 94.3 cm³/mol. The minimum absolute atomic E-state index is 0.103. The average Bonchev–Trinajstić information content (AvgIpc) is 2.52. The van der Waals surface area contributed by atoms with Crippen LogP contribution in [-0.2, 0) is 25.6 Å². The smallest absolute Gasteiger partial charge is 0.408 e. The summed E-state index contributed by atoms with van der Waals surface area (Å²) >= 11 is 0. The van der Waals surface area contributed by atoms with Gasteiger partial charge in [-0.3, -0.25) is 0 Å². The van der Waals surface area contributed by atoms with Crippen molar-refractivity contribution in [3.05, 3.63) is 35.9 Å². The molecule has 0 unspecified atom stereocenters. The molecule has 0 aliphatic rings. The number of amides is 1. The molecule has 0 radical (unpaired) electrons. The van der Waals surface area contributed by atoms with Gasteiger partial charge in [-0.05, 0) is 18.5 Å². The molecule has 7 heteroatoms. The first kappa shape index (κ1) is 20.2. The van der Waals surface area contributed by atoms with Gasteiger partial charge in [0.25, 0.3) is 0 Å². The first-order valence-corrected chi connectivity index (χ1v) is 11.7. The molecule has 0 aliphatic heterocycles. The molecule has 24 heavy (non-hydrogen) atoms. The number of hydrogen-bond acceptors (Lipinski definition) is 5. The molecule has 0 spiro atoms. The summed E-state index contributed by atoms with van der Waals surface area (Å²) in [4.78, 5) is 23.4. The Morgan fingerprint density at radius 1 is 1.12 bits per heavy atom. The number of benzene rings is 1. The third-order valence-electron chi connectivity index (χ3n) is 3.18. The van der Waals surface area contributed by atoms with Crippen molar-refractivity contribution in [2.75, 3.05) is 13.4 Å². The van der Waals surface area contributed by atoms with Crippen molar-refractivity contribution in [1.82, 2.24) is 5.32 Å². The molecule has 0 heterocycles. The summed E-state index contributed by atoms with van der Waals surface area (Å²) < 4.78 is 15.3. The van der Waals surface area contributed by atoms with E-state index in [1.807, 2.05) is 30.3 Å². The number of esters is 1. The summed E-state index contributed by atoms with van der Waals surface area (Å²) in [5, 5.41) is 2.43. The number of alkyl carbamates (subject to hydrolysis) is 1. The van der Waals surface area contributed by atoms with E-state index < -0.39 is 26.2 Å². The SMILES string of the molecule is C[C@H](NC(=O)OCc1ccccc1)C(=O)OCOCC[Si](C)(C)C. The summed E-state index contributed by atoms with van der Waals surface area (Å²) in [6.45, 7) is 8.89. The Bertz CT molecular complexity index is 515. The molecule has 0 saturated carbocycles. The molecule has 1 rings (SSSR count). The van der Waals surface area contributed by atoms with E-state index in [0.717, 1.165) is 11.6 Å². The Morgan fingerprint density at radius 3 is 2.42 bits per heavy atom. The summed E-state index contributed by atoms with van der Waals surface area (Å²) in [7, 11) is -1.15. The van der Waals surface area contributed by atoms with E-state index >= 15 is 0 Å². The standard InChI is InChI=1S/C17H27NO5Si/c1-14(16(19)23-13-21-10-11-24(2,3)4)18-17(20)22-12-15-8-6-5-7-9-15/h5-9,14H,10-13H2,1-4H3,(H,18,20)/t14-/m0/s1. The minimum atomic E-state index is -1.15. The summed E-state index contributed by atoms with van der Waals surface area (Å²) in [6, 6.07) is 9.51. The maximum atomic E-state index is 11.7. The molecule has 134 valence electrons. The number of carbonyl (C=O) groups is 2. The number of hydrogen-bond donors (Lipinski definition) is 1. The molecule has 0 aromatic heterocycles.